The molecule has 0 aliphatic heterocycles. The SMILES string of the molecule is CN(C)S(=O)(=O)c1ccc(C(=O)N/N=C2/C[C@@H]3CC[C@]2(C)C3(C)C)cc1. The number of nitrogens with zero attached hydrogens (tertiary/aromatic N) is 2. The molecule has 26 heavy (non-hydrogen) atoms. The van der Waals surface area contributed by atoms with E-state index in [-0.39, 0.29) is 21.6 Å². The molecule has 0 radical (unpaired) electrons. The minimum Gasteiger partial charge on any atom is -0.267 e. The van der Waals surface area contributed by atoms with Gasteiger partial charge in [0.15, 0.2) is 0 Å². The summed E-state index contributed by atoms with van der Waals surface area (Å²) in [6.07, 6.45) is 3.26. The molecule has 0 saturated heterocycles. The number of benzene rings is 1. The van der Waals surface area contributed by atoms with Gasteiger partial charge in [0.2, 0.25) is 10.0 Å². The number of hydrazone groups is 1. The fourth-order valence-corrected chi connectivity index (χ4v) is 5.17. The van der Waals surface area contributed by atoms with E-state index in [0.29, 0.717) is 11.5 Å². The maximum Gasteiger partial charge on any atom is 0.271 e. The van der Waals surface area contributed by atoms with Crippen LogP contribution in [-0.2, 0) is 10.0 Å². The zero-order chi connectivity index (χ0) is 19.3. The third-order valence-electron chi connectivity index (χ3n) is 6.70. The lowest BCUT2D eigenvalue weighted by Crippen LogP contribution is -2.34. The third-order valence-corrected chi connectivity index (χ3v) is 8.53. The fourth-order valence-electron chi connectivity index (χ4n) is 4.27. The Morgan fingerprint density at radius 1 is 1.19 bits per heavy atom. The summed E-state index contributed by atoms with van der Waals surface area (Å²) in [5.74, 6) is 0.300. The molecule has 0 spiro atoms. The van der Waals surface area contributed by atoms with Gasteiger partial charge in [0.25, 0.3) is 5.91 Å². The molecule has 7 heteroatoms. The summed E-state index contributed by atoms with van der Waals surface area (Å²) in [7, 11) is -0.546. The Kier molecular flexibility index (Phi) is 4.51. The highest BCUT2D eigenvalue weighted by Gasteiger charge is 2.60. The number of carbonyl (C=O) groups excluding carboxylic acids is 1. The standard InChI is InChI=1S/C19H27N3O3S/c1-18(2)14-10-11-19(18,3)16(12-14)20-21-17(23)13-6-8-15(9-7-13)26(24,25)22(4)5/h6-9,14H,10-12H2,1-5H3,(H,21,23)/b20-16-/t14-,19-/m0/s1. The first-order chi connectivity index (χ1) is 12.0. The van der Waals surface area contributed by atoms with Crippen LogP contribution in [0.1, 0.15) is 50.4 Å². The summed E-state index contributed by atoms with van der Waals surface area (Å²) in [6, 6.07) is 5.91. The molecule has 0 heterocycles. The second-order valence-electron chi connectivity index (χ2n) is 8.30. The zero-order valence-corrected chi connectivity index (χ0v) is 16.9. The number of carbonyl (C=O) groups is 1. The number of hydrogen-bond acceptors (Lipinski definition) is 4. The lowest BCUT2D eigenvalue weighted by Gasteiger charge is -2.34. The molecule has 3 rings (SSSR count). The van der Waals surface area contributed by atoms with Crippen molar-refractivity contribution in [3.8, 4) is 0 Å². The maximum absolute atomic E-state index is 12.4. The second-order valence-corrected chi connectivity index (χ2v) is 10.5. The summed E-state index contributed by atoms with van der Waals surface area (Å²) >= 11 is 0. The number of sulfonamides is 1. The smallest absolute Gasteiger partial charge is 0.267 e. The van der Waals surface area contributed by atoms with Crippen molar-refractivity contribution in [2.45, 2.75) is 44.9 Å². The molecular formula is C19H27N3O3S. The van der Waals surface area contributed by atoms with Crippen molar-refractivity contribution in [1.29, 1.82) is 0 Å². The van der Waals surface area contributed by atoms with Gasteiger partial charge in [0, 0.05) is 30.8 Å². The first kappa shape index (κ1) is 19.0. The number of hydrogen-bond donors (Lipinski definition) is 1. The largest absolute Gasteiger partial charge is 0.271 e. The molecule has 2 fully saturated rings. The van der Waals surface area contributed by atoms with Crippen LogP contribution in [0.25, 0.3) is 0 Å². The van der Waals surface area contributed by atoms with Crippen LogP contribution in [-0.4, -0.2) is 38.4 Å². The van der Waals surface area contributed by atoms with Crippen molar-refractivity contribution in [3.05, 3.63) is 29.8 Å². The summed E-state index contributed by atoms with van der Waals surface area (Å²) in [5, 5.41) is 4.44. The number of fused-ring (bicyclic) bond motifs is 2. The predicted octanol–water partition coefficient (Wildman–Crippen LogP) is 2.87. The molecule has 142 valence electrons. The van der Waals surface area contributed by atoms with Gasteiger partial charge in [-0.25, -0.2) is 18.1 Å². The van der Waals surface area contributed by atoms with Crippen LogP contribution in [0.15, 0.2) is 34.3 Å². The minimum absolute atomic E-state index is 0.0363. The quantitative estimate of drug-likeness (QED) is 0.820. The molecule has 2 aliphatic rings. The average molecular weight is 378 g/mol. The van der Waals surface area contributed by atoms with Gasteiger partial charge in [-0.15, -0.1) is 0 Å². The highest BCUT2D eigenvalue weighted by atomic mass is 32.2. The van der Waals surface area contributed by atoms with Gasteiger partial charge >= 0.3 is 0 Å². The van der Waals surface area contributed by atoms with Crippen LogP contribution in [0.4, 0.5) is 0 Å². The zero-order valence-electron chi connectivity index (χ0n) is 16.0. The highest BCUT2D eigenvalue weighted by molar-refractivity contribution is 7.89. The van der Waals surface area contributed by atoms with Crippen molar-refractivity contribution in [1.82, 2.24) is 9.73 Å². The Balaban J connectivity index is 1.74. The van der Waals surface area contributed by atoms with Crippen LogP contribution in [0.5, 0.6) is 0 Å². The normalized spacial score (nSPS) is 28.7. The van der Waals surface area contributed by atoms with Gasteiger partial charge in [-0.05, 0) is 54.9 Å². The Labute approximate surface area is 155 Å². The molecule has 1 aromatic carbocycles. The molecule has 1 N–H and O–H groups in total. The molecule has 2 bridgehead atoms. The summed E-state index contributed by atoms with van der Waals surface area (Å²) < 4.78 is 25.3. The summed E-state index contributed by atoms with van der Waals surface area (Å²) in [4.78, 5) is 12.6. The third kappa shape index (κ3) is 2.77. The number of rotatable bonds is 4. The van der Waals surface area contributed by atoms with Crippen LogP contribution in [0, 0.1) is 16.7 Å². The summed E-state index contributed by atoms with van der Waals surface area (Å²) in [6.45, 7) is 6.82. The lowest BCUT2D eigenvalue weighted by molar-refractivity contribution is 0.0953. The fraction of sp³-hybridized carbons (Fsp3) is 0.579. The van der Waals surface area contributed by atoms with Crippen LogP contribution >= 0.6 is 0 Å². The second kappa shape index (κ2) is 6.16. The molecule has 2 aliphatic carbocycles. The van der Waals surface area contributed by atoms with E-state index in [0.717, 1.165) is 22.9 Å². The van der Waals surface area contributed by atoms with E-state index in [1.54, 1.807) is 0 Å². The van der Waals surface area contributed by atoms with Gasteiger partial charge in [-0.2, -0.15) is 5.10 Å². The molecule has 0 aromatic heterocycles. The molecule has 1 aromatic rings. The van der Waals surface area contributed by atoms with Gasteiger partial charge in [0.05, 0.1) is 4.90 Å². The van der Waals surface area contributed by atoms with Crippen LogP contribution in [0.2, 0.25) is 0 Å². The minimum atomic E-state index is -3.50. The maximum atomic E-state index is 12.4. The van der Waals surface area contributed by atoms with Crippen molar-refractivity contribution < 1.29 is 13.2 Å². The van der Waals surface area contributed by atoms with Gasteiger partial charge in [0.1, 0.15) is 0 Å². The Bertz CT molecular complexity index is 857. The monoisotopic (exact) mass is 377 g/mol. The molecule has 2 atom stereocenters. The van der Waals surface area contributed by atoms with E-state index >= 15 is 0 Å². The Morgan fingerprint density at radius 3 is 2.27 bits per heavy atom. The molecule has 1 amide bonds. The van der Waals surface area contributed by atoms with E-state index in [1.807, 2.05) is 0 Å². The first-order valence-corrected chi connectivity index (χ1v) is 10.3. The van der Waals surface area contributed by atoms with E-state index < -0.39 is 10.0 Å². The first-order valence-electron chi connectivity index (χ1n) is 8.90. The van der Waals surface area contributed by atoms with Crippen LogP contribution < -0.4 is 5.43 Å². The molecular weight excluding hydrogens is 350 g/mol. The predicted molar refractivity (Wildman–Crippen MR) is 101 cm³/mol. The van der Waals surface area contributed by atoms with E-state index in [2.05, 4.69) is 31.3 Å². The average Bonchev–Trinajstić information content (AvgIpc) is 2.92. The molecule has 2 saturated carbocycles. The van der Waals surface area contributed by atoms with Crippen molar-refractivity contribution in [2.75, 3.05) is 14.1 Å². The van der Waals surface area contributed by atoms with Crippen molar-refractivity contribution in [2.24, 2.45) is 21.8 Å². The van der Waals surface area contributed by atoms with Crippen molar-refractivity contribution >= 4 is 21.6 Å². The Morgan fingerprint density at radius 2 is 1.81 bits per heavy atom. The molecule has 6 nitrogen and oxygen atoms in total. The van der Waals surface area contributed by atoms with Crippen molar-refractivity contribution in [3.63, 3.8) is 0 Å². The van der Waals surface area contributed by atoms with E-state index in [4.69, 9.17) is 0 Å². The van der Waals surface area contributed by atoms with Crippen LogP contribution in [0.3, 0.4) is 0 Å². The summed E-state index contributed by atoms with van der Waals surface area (Å²) in [5.41, 5.74) is 4.36. The van der Waals surface area contributed by atoms with Gasteiger partial charge in [-0.1, -0.05) is 20.8 Å². The van der Waals surface area contributed by atoms with Gasteiger partial charge < -0.3 is 0 Å². The molecule has 0 unspecified atom stereocenters. The highest BCUT2D eigenvalue weighted by Crippen LogP contribution is 2.63. The van der Waals surface area contributed by atoms with E-state index in [9.17, 15) is 13.2 Å². The van der Waals surface area contributed by atoms with Gasteiger partial charge in [-0.3, -0.25) is 4.79 Å². The number of nitrogens with one attached hydrogen (secondary N) is 1. The van der Waals surface area contributed by atoms with E-state index in [1.165, 1.54) is 44.8 Å². The lowest BCUT2D eigenvalue weighted by atomic mass is 9.70. The number of amides is 1. The Hall–Kier alpha value is -1.73. The topological polar surface area (TPSA) is 78.8 Å².